The van der Waals surface area contributed by atoms with Crippen LogP contribution < -0.4 is 10.1 Å². The highest BCUT2D eigenvalue weighted by atomic mass is 16.5. The van der Waals surface area contributed by atoms with Crippen molar-refractivity contribution >= 4 is 11.9 Å². The Hall–Kier alpha value is -2.08. The predicted molar refractivity (Wildman–Crippen MR) is 84.6 cm³/mol. The number of carbonyl (C=O) groups is 2. The van der Waals surface area contributed by atoms with Gasteiger partial charge in [-0.1, -0.05) is 19.9 Å². The van der Waals surface area contributed by atoms with E-state index in [2.05, 4.69) is 5.32 Å². The summed E-state index contributed by atoms with van der Waals surface area (Å²) in [5, 5.41) is 11.7. The Labute approximate surface area is 135 Å². The molecule has 0 bridgehead atoms. The fourth-order valence-electron chi connectivity index (χ4n) is 2.43. The third kappa shape index (κ3) is 4.96. The van der Waals surface area contributed by atoms with Gasteiger partial charge < -0.3 is 19.9 Å². The van der Waals surface area contributed by atoms with Gasteiger partial charge in [-0.2, -0.15) is 0 Å². The first kappa shape index (κ1) is 17.3. The van der Waals surface area contributed by atoms with Gasteiger partial charge in [0.2, 0.25) is 0 Å². The van der Waals surface area contributed by atoms with Crippen LogP contribution in [0.2, 0.25) is 0 Å². The standard InChI is InChI=1S/C17H23NO5/c1-11(2)15(17(20)21)18-16(19)12-5-3-6-13(9-12)23-10-14-7-4-8-22-14/h3,5-6,9,11,14-15H,4,7-8,10H2,1-2H3,(H,18,19)(H,20,21)/t14?,15-/m0/s1. The van der Waals surface area contributed by atoms with Crippen LogP contribution in [0.5, 0.6) is 5.75 Å². The maximum Gasteiger partial charge on any atom is 0.326 e. The molecule has 1 aliphatic rings. The van der Waals surface area contributed by atoms with E-state index in [0.29, 0.717) is 17.9 Å². The quantitative estimate of drug-likeness (QED) is 0.803. The lowest BCUT2D eigenvalue weighted by Gasteiger charge is -2.18. The van der Waals surface area contributed by atoms with E-state index < -0.39 is 17.9 Å². The molecule has 1 heterocycles. The third-order valence-corrected chi connectivity index (χ3v) is 3.78. The van der Waals surface area contributed by atoms with Crippen LogP contribution in [0.25, 0.3) is 0 Å². The number of carbonyl (C=O) groups excluding carboxylic acids is 1. The van der Waals surface area contributed by atoms with Crippen molar-refractivity contribution in [2.24, 2.45) is 5.92 Å². The van der Waals surface area contributed by atoms with E-state index in [9.17, 15) is 9.59 Å². The van der Waals surface area contributed by atoms with Gasteiger partial charge in [-0.3, -0.25) is 4.79 Å². The first-order valence-electron chi connectivity index (χ1n) is 7.85. The second-order valence-electron chi connectivity index (χ2n) is 6.01. The Morgan fingerprint density at radius 2 is 2.22 bits per heavy atom. The number of rotatable bonds is 7. The largest absolute Gasteiger partial charge is 0.491 e. The predicted octanol–water partition coefficient (Wildman–Crippen LogP) is 2.08. The second kappa shape index (κ2) is 7.97. The fraction of sp³-hybridized carbons (Fsp3) is 0.529. The van der Waals surface area contributed by atoms with Gasteiger partial charge in [-0.25, -0.2) is 4.79 Å². The molecular weight excluding hydrogens is 298 g/mol. The van der Waals surface area contributed by atoms with E-state index in [0.717, 1.165) is 19.4 Å². The lowest BCUT2D eigenvalue weighted by molar-refractivity contribution is -0.140. The van der Waals surface area contributed by atoms with Crippen molar-refractivity contribution in [1.29, 1.82) is 0 Å². The summed E-state index contributed by atoms with van der Waals surface area (Å²) in [5.74, 6) is -1.09. The van der Waals surface area contributed by atoms with Gasteiger partial charge in [0.1, 0.15) is 18.4 Å². The van der Waals surface area contributed by atoms with E-state index in [1.165, 1.54) is 0 Å². The Morgan fingerprint density at radius 3 is 2.83 bits per heavy atom. The monoisotopic (exact) mass is 321 g/mol. The average molecular weight is 321 g/mol. The minimum atomic E-state index is -1.04. The lowest BCUT2D eigenvalue weighted by Crippen LogP contribution is -2.44. The number of aliphatic carboxylic acids is 1. The highest BCUT2D eigenvalue weighted by molar-refractivity contribution is 5.96. The summed E-state index contributed by atoms with van der Waals surface area (Å²) >= 11 is 0. The molecule has 1 aromatic carbocycles. The zero-order valence-electron chi connectivity index (χ0n) is 13.5. The average Bonchev–Trinajstić information content (AvgIpc) is 3.03. The molecule has 0 saturated carbocycles. The molecule has 6 nitrogen and oxygen atoms in total. The van der Waals surface area contributed by atoms with Gasteiger partial charge >= 0.3 is 5.97 Å². The van der Waals surface area contributed by atoms with Gasteiger partial charge in [0.25, 0.3) is 5.91 Å². The first-order valence-corrected chi connectivity index (χ1v) is 7.85. The van der Waals surface area contributed by atoms with Crippen molar-refractivity contribution in [3.63, 3.8) is 0 Å². The van der Waals surface area contributed by atoms with Crippen LogP contribution in [0, 0.1) is 5.92 Å². The smallest absolute Gasteiger partial charge is 0.326 e. The van der Waals surface area contributed by atoms with Crippen LogP contribution >= 0.6 is 0 Å². The minimum absolute atomic E-state index is 0.102. The van der Waals surface area contributed by atoms with Crippen LogP contribution in [0.15, 0.2) is 24.3 Å². The number of nitrogens with one attached hydrogen (secondary N) is 1. The van der Waals surface area contributed by atoms with Crippen LogP contribution in [-0.4, -0.2) is 42.3 Å². The topological polar surface area (TPSA) is 84.9 Å². The molecule has 0 spiro atoms. The van der Waals surface area contributed by atoms with Crippen molar-refractivity contribution in [2.75, 3.05) is 13.2 Å². The van der Waals surface area contributed by atoms with Gasteiger partial charge in [-0.05, 0) is 37.0 Å². The Bertz CT molecular complexity index is 552. The maximum atomic E-state index is 12.2. The molecule has 0 aliphatic carbocycles. The number of hydrogen-bond acceptors (Lipinski definition) is 4. The lowest BCUT2D eigenvalue weighted by atomic mass is 10.0. The molecule has 1 aliphatic heterocycles. The van der Waals surface area contributed by atoms with Crippen molar-refractivity contribution in [1.82, 2.24) is 5.32 Å². The van der Waals surface area contributed by atoms with Crippen molar-refractivity contribution < 1.29 is 24.2 Å². The number of amides is 1. The summed E-state index contributed by atoms with van der Waals surface area (Å²) < 4.78 is 11.1. The molecule has 1 fully saturated rings. The van der Waals surface area contributed by atoms with Crippen molar-refractivity contribution in [3.05, 3.63) is 29.8 Å². The molecule has 2 rings (SSSR count). The molecule has 6 heteroatoms. The number of ether oxygens (including phenoxy) is 2. The molecule has 1 unspecified atom stereocenters. The van der Waals surface area contributed by atoms with Gasteiger partial charge in [0, 0.05) is 12.2 Å². The Morgan fingerprint density at radius 1 is 1.43 bits per heavy atom. The Kier molecular flexibility index (Phi) is 5.98. The number of carboxylic acid groups (broad SMARTS) is 1. The zero-order chi connectivity index (χ0) is 16.8. The van der Waals surface area contributed by atoms with Gasteiger partial charge in [0.05, 0.1) is 6.10 Å². The number of hydrogen-bond donors (Lipinski definition) is 2. The van der Waals surface area contributed by atoms with Crippen LogP contribution in [0.1, 0.15) is 37.0 Å². The van der Waals surface area contributed by atoms with Crippen LogP contribution in [0.4, 0.5) is 0 Å². The van der Waals surface area contributed by atoms with Gasteiger partial charge in [0.15, 0.2) is 0 Å². The molecular formula is C17H23NO5. The highest BCUT2D eigenvalue weighted by Crippen LogP contribution is 2.17. The Balaban J connectivity index is 1.97. The van der Waals surface area contributed by atoms with E-state index in [4.69, 9.17) is 14.6 Å². The summed E-state index contributed by atoms with van der Waals surface area (Å²) in [5.41, 5.74) is 0.377. The summed E-state index contributed by atoms with van der Waals surface area (Å²) in [7, 11) is 0. The van der Waals surface area contributed by atoms with E-state index in [1.54, 1.807) is 38.1 Å². The maximum absolute atomic E-state index is 12.2. The minimum Gasteiger partial charge on any atom is -0.491 e. The van der Waals surface area contributed by atoms with Crippen LogP contribution in [0.3, 0.4) is 0 Å². The zero-order valence-corrected chi connectivity index (χ0v) is 13.5. The third-order valence-electron chi connectivity index (χ3n) is 3.78. The summed E-state index contributed by atoms with van der Waals surface area (Å²) in [6.45, 7) is 4.72. The van der Waals surface area contributed by atoms with Crippen molar-refractivity contribution in [2.45, 2.75) is 38.8 Å². The second-order valence-corrected chi connectivity index (χ2v) is 6.01. The molecule has 2 N–H and O–H groups in total. The van der Waals surface area contributed by atoms with E-state index in [1.807, 2.05) is 0 Å². The molecule has 2 atom stereocenters. The highest BCUT2D eigenvalue weighted by Gasteiger charge is 2.24. The summed E-state index contributed by atoms with van der Waals surface area (Å²) in [6.07, 6.45) is 2.13. The molecule has 23 heavy (non-hydrogen) atoms. The molecule has 0 aromatic heterocycles. The SMILES string of the molecule is CC(C)[C@H](NC(=O)c1cccc(OCC2CCCO2)c1)C(=O)O. The first-order chi connectivity index (χ1) is 11.0. The molecule has 126 valence electrons. The normalized spacial score (nSPS) is 18.7. The fourth-order valence-corrected chi connectivity index (χ4v) is 2.43. The summed E-state index contributed by atoms with van der Waals surface area (Å²) in [6, 6.07) is 5.81. The molecule has 1 aromatic rings. The van der Waals surface area contributed by atoms with Crippen LogP contribution in [-0.2, 0) is 9.53 Å². The molecule has 1 saturated heterocycles. The van der Waals surface area contributed by atoms with E-state index >= 15 is 0 Å². The van der Waals surface area contributed by atoms with Gasteiger partial charge in [-0.15, -0.1) is 0 Å². The summed E-state index contributed by atoms with van der Waals surface area (Å²) in [4.78, 5) is 23.4. The number of benzene rings is 1. The molecule has 1 amide bonds. The number of carboxylic acids is 1. The van der Waals surface area contributed by atoms with E-state index in [-0.39, 0.29) is 12.0 Å². The molecule has 0 radical (unpaired) electrons. The van der Waals surface area contributed by atoms with Crippen molar-refractivity contribution in [3.8, 4) is 5.75 Å².